The summed E-state index contributed by atoms with van der Waals surface area (Å²) in [6.07, 6.45) is 1.46. The highest BCUT2D eigenvalue weighted by Crippen LogP contribution is 2.25. The molecule has 2 aromatic rings. The Morgan fingerprint density at radius 1 is 1.05 bits per heavy atom. The Morgan fingerprint density at radius 3 is 2.24 bits per heavy atom. The Bertz CT molecular complexity index is 564. The molecule has 0 saturated heterocycles. The van der Waals surface area contributed by atoms with E-state index in [2.05, 4.69) is 21.2 Å². The van der Waals surface area contributed by atoms with Gasteiger partial charge in [0, 0.05) is 16.1 Å². The maximum absolute atomic E-state index is 14.0. The summed E-state index contributed by atoms with van der Waals surface area (Å²) >= 11 is 3.39. The fourth-order valence-corrected chi connectivity index (χ4v) is 2.56. The molecule has 0 fully saturated rings. The number of halogens is 3. The molecule has 0 aliphatic heterocycles. The summed E-state index contributed by atoms with van der Waals surface area (Å²) in [5.41, 5.74) is 1.16. The molecule has 4 heteroatoms. The molecule has 112 valence electrons. The van der Waals surface area contributed by atoms with Crippen LogP contribution in [0.4, 0.5) is 8.78 Å². The van der Waals surface area contributed by atoms with Crippen molar-refractivity contribution in [2.45, 2.75) is 25.8 Å². The highest BCUT2D eigenvalue weighted by molar-refractivity contribution is 9.10. The van der Waals surface area contributed by atoms with Gasteiger partial charge in [0.2, 0.25) is 0 Å². The second kappa shape index (κ2) is 7.66. The second-order valence-electron chi connectivity index (χ2n) is 4.97. The Morgan fingerprint density at radius 2 is 1.67 bits per heavy atom. The molecule has 0 aromatic heterocycles. The summed E-state index contributed by atoms with van der Waals surface area (Å²) in [5.74, 6) is -0.999. The molecule has 1 atom stereocenters. The standard InChI is InChI=1S/C17H18BrF2N/c1-2-10-21-16(11-12-6-8-13(18)9-7-12)17-14(19)4-3-5-15(17)20/h3-9,16,21H,2,10-11H2,1H3. The zero-order valence-corrected chi connectivity index (χ0v) is 13.5. The van der Waals surface area contributed by atoms with Crippen molar-refractivity contribution < 1.29 is 8.78 Å². The van der Waals surface area contributed by atoms with Crippen LogP contribution in [0.2, 0.25) is 0 Å². The third-order valence-corrected chi connectivity index (χ3v) is 3.87. The largest absolute Gasteiger partial charge is 0.309 e. The summed E-state index contributed by atoms with van der Waals surface area (Å²) in [6, 6.07) is 11.4. The second-order valence-corrected chi connectivity index (χ2v) is 5.89. The molecule has 1 unspecified atom stereocenters. The predicted octanol–water partition coefficient (Wildman–Crippen LogP) is 5.01. The van der Waals surface area contributed by atoms with Crippen molar-refractivity contribution in [1.29, 1.82) is 0 Å². The van der Waals surface area contributed by atoms with Gasteiger partial charge in [-0.1, -0.05) is 41.1 Å². The Hall–Kier alpha value is -1.26. The molecule has 2 aromatic carbocycles. The number of hydrogen-bond donors (Lipinski definition) is 1. The summed E-state index contributed by atoms with van der Waals surface area (Å²) < 4.78 is 29.0. The van der Waals surface area contributed by atoms with E-state index in [-0.39, 0.29) is 11.6 Å². The minimum absolute atomic E-state index is 0.119. The summed E-state index contributed by atoms with van der Waals surface area (Å²) in [4.78, 5) is 0. The SMILES string of the molecule is CCCNC(Cc1ccc(Br)cc1)c1c(F)cccc1F. The van der Waals surface area contributed by atoms with Crippen LogP contribution in [0.25, 0.3) is 0 Å². The fourth-order valence-electron chi connectivity index (χ4n) is 2.29. The molecule has 0 amide bonds. The maximum atomic E-state index is 14.0. The van der Waals surface area contributed by atoms with Crippen LogP contribution in [0, 0.1) is 11.6 Å². The van der Waals surface area contributed by atoms with E-state index in [9.17, 15) is 8.78 Å². The van der Waals surface area contributed by atoms with E-state index in [1.54, 1.807) is 0 Å². The average Bonchev–Trinajstić information content (AvgIpc) is 2.46. The molecule has 0 aliphatic rings. The molecule has 1 nitrogen and oxygen atoms in total. The highest BCUT2D eigenvalue weighted by atomic mass is 79.9. The zero-order valence-electron chi connectivity index (χ0n) is 11.9. The summed E-state index contributed by atoms with van der Waals surface area (Å²) in [6.45, 7) is 2.75. The van der Waals surface area contributed by atoms with Gasteiger partial charge in [-0.3, -0.25) is 0 Å². The van der Waals surface area contributed by atoms with Crippen LogP contribution in [0.1, 0.15) is 30.5 Å². The van der Waals surface area contributed by atoms with Crippen molar-refractivity contribution in [2.24, 2.45) is 0 Å². The summed E-state index contributed by atoms with van der Waals surface area (Å²) in [5, 5.41) is 3.24. The van der Waals surface area contributed by atoms with E-state index in [1.807, 2.05) is 31.2 Å². The number of benzene rings is 2. The van der Waals surface area contributed by atoms with Crippen molar-refractivity contribution in [1.82, 2.24) is 5.32 Å². The van der Waals surface area contributed by atoms with Crippen LogP contribution in [0.15, 0.2) is 46.9 Å². The molecule has 0 saturated carbocycles. The lowest BCUT2D eigenvalue weighted by Gasteiger charge is -2.20. The normalized spacial score (nSPS) is 12.4. The summed E-state index contributed by atoms with van der Waals surface area (Å²) in [7, 11) is 0. The number of rotatable bonds is 6. The topological polar surface area (TPSA) is 12.0 Å². The van der Waals surface area contributed by atoms with Crippen molar-refractivity contribution in [3.63, 3.8) is 0 Å². The van der Waals surface area contributed by atoms with Gasteiger partial charge in [0.25, 0.3) is 0 Å². The lowest BCUT2D eigenvalue weighted by atomic mass is 9.97. The van der Waals surface area contributed by atoms with Crippen LogP contribution in [0.3, 0.4) is 0 Å². The molecule has 0 radical (unpaired) electrons. The molecular weight excluding hydrogens is 336 g/mol. The third-order valence-electron chi connectivity index (χ3n) is 3.34. The minimum atomic E-state index is -0.499. The van der Waals surface area contributed by atoms with E-state index in [0.29, 0.717) is 6.42 Å². The number of hydrogen-bond acceptors (Lipinski definition) is 1. The van der Waals surface area contributed by atoms with Gasteiger partial charge >= 0.3 is 0 Å². The van der Waals surface area contributed by atoms with Crippen LogP contribution >= 0.6 is 15.9 Å². The van der Waals surface area contributed by atoms with E-state index >= 15 is 0 Å². The van der Waals surface area contributed by atoms with Crippen molar-refractivity contribution in [3.05, 3.63) is 69.7 Å². The highest BCUT2D eigenvalue weighted by Gasteiger charge is 2.19. The zero-order chi connectivity index (χ0) is 15.2. The monoisotopic (exact) mass is 353 g/mol. The molecular formula is C17H18BrF2N. The van der Waals surface area contributed by atoms with Crippen LogP contribution < -0.4 is 5.32 Å². The molecule has 2 rings (SSSR count). The lowest BCUT2D eigenvalue weighted by molar-refractivity contribution is 0.464. The molecule has 0 spiro atoms. The van der Waals surface area contributed by atoms with Gasteiger partial charge in [0.15, 0.2) is 0 Å². The first-order chi connectivity index (χ1) is 10.1. The third kappa shape index (κ3) is 4.35. The molecule has 0 heterocycles. The molecule has 0 aliphatic carbocycles. The lowest BCUT2D eigenvalue weighted by Crippen LogP contribution is -2.26. The van der Waals surface area contributed by atoms with Gasteiger partial charge in [-0.2, -0.15) is 0 Å². The predicted molar refractivity (Wildman–Crippen MR) is 85.2 cm³/mol. The first-order valence-corrected chi connectivity index (χ1v) is 7.83. The van der Waals surface area contributed by atoms with Gasteiger partial charge in [-0.25, -0.2) is 8.78 Å². The molecule has 0 bridgehead atoms. The first kappa shape index (κ1) is 16.1. The average molecular weight is 354 g/mol. The van der Waals surface area contributed by atoms with Gasteiger partial charge < -0.3 is 5.32 Å². The number of nitrogens with one attached hydrogen (secondary N) is 1. The molecule has 1 N–H and O–H groups in total. The Kier molecular flexibility index (Phi) is 5.88. The van der Waals surface area contributed by atoms with E-state index in [1.165, 1.54) is 18.2 Å². The van der Waals surface area contributed by atoms with E-state index in [4.69, 9.17) is 0 Å². The smallest absolute Gasteiger partial charge is 0.130 e. The first-order valence-electron chi connectivity index (χ1n) is 7.03. The van der Waals surface area contributed by atoms with E-state index in [0.717, 1.165) is 23.0 Å². The quantitative estimate of drug-likeness (QED) is 0.769. The fraction of sp³-hybridized carbons (Fsp3) is 0.294. The van der Waals surface area contributed by atoms with Crippen LogP contribution in [-0.4, -0.2) is 6.54 Å². The van der Waals surface area contributed by atoms with Gasteiger partial charge in [0.05, 0.1) is 0 Å². The van der Waals surface area contributed by atoms with Crippen molar-refractivity contribution in [2.75, 3.05) is 6.54 Å². The molecule has 21 heavy (non-hydrogen) atoms. The van der Waals surface area contributed by atoms with Crippen LogP contribution in [0.5, 0.6) is 0 Å². The van der Waals surface area contributed by atoms with Gasteiger partial charge in [-0.05, 0) is 49.2 Å². The van der Waals surface area contributed by atoms with Crippen molar-refractivity contribution >= 4 is 15.9 Å². The maximum Gasteiger partial charge on any atom is 0.130 e. The van der Waals surface area contributed by atoms with E-state index < -0.39 is 11.6 Å². The Labute approximate surface area is 132 Å². The Balaban J connectivity index is 2.27. The minimum Gasteiger partial charge on any atom is -0.309 e. The van der Waals surface area contributed by atoms with Gasteiger partial charge in [-0.15, -0.1) is 0 Å². The van der Waals surface area contributed by atoms with Gasteiger partial charge in [0.1, 0.15) is 11.6 Å². The van der Waals surface area contributed by atoms with Crippen LogP contribution in [-0.2, 0) is 6.42 Å². The van der Waals surface area contributed by atoms with Crippen molar-refractivity contribution in [3.8, 4) is 0 Å².